The van der Waals surface area contributed by atoms with Crippen molar-refractivity contribution in [1.29, 1.82) is 0 Å². The summed E-state index contributed by atoms with van der Waals surface area (Å²) in [6, 6.07) is 0. The van der Waals surface area contributed by atoms with Crippen molar-refractivity contribution in [2.75, 3.05) is 13.1 Å². The van der Waals surface area contributed by atoms with Gasteiger partial charge < -0.3 is 10.1 Å². The Bertz CT molecular complexity index is 115. The molecule has 3 heteroatoms. The molecular formula is C9H18NO2. The van der Waals surface area contributed by atoms with Gasteiger partial charge >= 0.3 is 5.97 Å². The number of carbonyl (C=O) groups excluding carboxylic acids is 1. The minimum Gasteiger partial charge on any atom is -0.461 e. The molecule has 0 amide bonds. The van der Waals surface area contributed by atoms with Crippen LogP contribution < -0.4 is 5.32 Å². The minimum atomic E-state index is -0.300. The van der Waals surface area contributed by atoms with Crippen LogP contribution >= 0.6 is 0 Å². The number of rotatable bonds is 7. The monoisotopic (exact) mass is 172 g/mol. The Labute approximate surface area is 74.5 Å². The Morgan fingerprint density at radius 3 is 2.75 bits per heavy atom. The second-order valence-corrected chi connectivity index (χ2v) is 2.75. The van der Waals surface area contributed by atoms with Crippen molar-refractivity contribution < 1.29 is 9.53 Å². The maximum absolute atomic E-state index is 10.6. The van der Waals surface area contributed by atoms with Crippen molar-refractivity contribution in [3.63, 3.8) is 0 Å². The summed E-state index contributed by atoms with van der Waals surface area (Å²) in [6.07, 6.45) is 4.85. The Balaban J connectivity index is 2.95. The van der Waals surface area contributed by atoms with Crippen LogP contribution in [0, 0.1) is 7.11 Å². The third kappa shape index (κ3) is 7.54. The molecule has 3 nitrogen and oxygen atoms in total. The van der Waals surface area contributed by atoms with Crippen LogP contribution in [0.4, 0.5) is 0 Å². The largest absolute Gasteiger partial charge is 0.461 e. The van der Waals surface area contributed by atoms with Gasteiger partial charge in [0.25, 0.3) is 0 Å². The molecule has 0 spiro atoms. The molecule has 0 fully saturated rings. The van der Waals surface area contributed by atoms with Gasteiger partial charge in [-0.05, 0) is 13.0 Å². The first-order valence-corrected chi connectivity index (χ1v) is 4.46. The molecule has 0 bridgehead atoms. The maximum atomic E-state index is 10.6. The number of esters is 1. The van der Waals surface area contributed by atoms with Crippen molar-refractivity contribution in [2.45, 2.75) is 32.6 Å². The molecule has 1 N–H and O–H groups in total. The van der Waals surface area contributed by atoms with E-state index in [1.807, 2.05) is 0 Å². The van der Waals surface area contributed by atoms with E-state index in [9.17, 15) is 4.79 Å². The number of hydrogen-bond acceptors (Lipinski definition) is 3. The van der Waals surface area contributed by atoms with Gasteiger partial charge in [0.05, 0.1) is 6.54 Å². The van der Waals surface area contributed by atoms with Crippen molar-refractivity contribution in [3.8, 4) is 0 Å². The standard InChI is InChI=1S/C9H18NO2/c1-3-4-5-6-7-10-8-9(11)12-2/h10H,2-8H2,1H3. The fourth-order valence-corrected chi connectivity index (χ4v) is 0.918. The molecule has 0 atom stereocenters. The molecule has 0 aromatic rings. The molecule has 0 heterocycles. The Kier molecular flexibility index (Phi) is 8.12. The van der Waals surface area contributed by atoms with Gasteiger partial charge in [-0.2, -0.15) is 0 Å². The highest BCUT2D eigenvalue weighted by Crippen LogP contribution is 1.96. The zero-order valence-corrected chi connectivity index (χ0v) is 7.77. The van der Waals surface area contributed by atoms with Gasteiger partial charge in [0.15, 0.2) is 0 Å². The topological polar surface area (TPSA) is 38.3 Å². The fraction of sp³-hybridized carbons (Fsp3) is 0.778. The average molecular weight is 172 g/mol. The van der Waals surface area contributed by atoms with E-state index in [-0.39, 0.29) is 12.5 Å². The summed E-state index contributed by atoms with van der Waals surface area (Å²) < 4.78 is 4.23. The zero-order chi connectivity index (χ0) is 9.23. The number of carbonyl (C=O) groups is 1. The number of hydrogen-bond donors (Lipinski definition) is 1. The third-order valence-corrected chi connectivity index (χ3v) is 1.64. The minimum absolute atomic E-state index is 0.273. The smallest absolute Gasteiger partial charge is 0.320 e. The first kappa shape index (κ1) is 11.4. The SMILES string of the molecule is [CH2]OC(=O)CNCCCCCC. The van der Waals surface area contributed by atoms with Gasteiger partial charge in [-0.1, -0.05) is 26.2 Å². The van der Waals surface area contributed by atoms with Gasteiger partial charge in [0, 0.05) is 0 Å². The first-order chi connectivity index (χ1) is 5.81. The second-order valence-electron chi connectivity index (χ2n) is 2.75. The Morgan fingerprint density at radius 2 is 2.17 bits per heavy atom. The summed E-state index contributed by atoms with van der Waals surface area (Å²) in [5.74, 6) is -0.300. The second kappa shape index (κ2) is 8.53. The van der Waals surface area contributed by atoms with E-state index in [1.54, 1.807) is 0 Å². The summed E-state index contributed by atoms with van der Waals surface area (Å²) in [5, 5.41) is 2.98. The molecule has 0 aliphatic carbocycles. The number of unbranched alkanes of at least 4 members (excludes halogenated alkanes) is 3. The van der Waals surface area contributed by atoms with Crippen molar-refractivity contribution in [1.82, 2.24) is 5.32 Å². The lowest BCUT2D eigenvalue weighted by Gasteiger charge is -2.01. The maximum Gasteiger partial charge on any atom is 0.320 e. The van der Waals surface area contributed by atoms with Gasteiger partial charge in [-0.25, -0.2) is 0 Å². The molecule has 1 radical (unpaired) electrons. The van der Waals surface area contributed by atoms with Crippen LogP contribution in [0.5, 0.6) is 0 Å². The molecular weight excluding hydrogens is 154 g/mol. The summed E-state index contributed by atoms with van der Waals surface area (Å²) in [7, 11) is 3.02. The van der Waals surface area contributed by atoms with E-state index in [0.29, 0.717) is 0 Å². The molecule has 71 valence electrons. The van der Waals surface area contributed by atoms with Gasteiger partial charge in [-0.15, -0.1) is 0 Å². The molecule has 0 aromatic heterocycles. The highest BCUT2D eigenvalue weighted by Gasteiger charge is 1.96. The predicted molar refractivity (Wildman–Crippen MR) is 48.5 cm³/mol. The van der Waals surface area contributed by atoms with E-state index in [4.69, 9.17) is 0 Å². The molecule has 0 aliphatic rings. The van der Waals surface area contributed by atoms with Crippen LogP contribution in [0.25, 0.3) is 0 Å². The van der Waals surface area contributed by atoms with Crippen LogP contribution in [0.3, 0.4) is 0 Å². The van der Waals surface area contributed by atoms with Crippen LogP contribution in [0.15, 0.2) is 0 Å². The Morgan fingerprint density at radius 1 is 1.42 bits per heavy atom. The van der Waals surface area contributed by atoms with Gasteiger partial charge in [-0.3, -0.25) is 4.79 Å². The highest BCUT2D eigenvalue weighted by molar-refractivity contribution is 5.71. The van der Waals surface area contributed by atoms with Crippen molar-refractivity contribution in [2.24, 2.45) is 0 Å². The molecule has 0 rings (SSSR count). The van der Waals surface area contributed by atoms with Crippen LogP contribution in [0.1, 0.15) is 32.6 Å². The van der Waals surface area contributed by atoms with Crippen LogP contribution in [0.2, 0.25) is 0 Å². The van der Waals surface area contributed by atoms with Crippen molar-refractivity contribution in [3.05, 3.63) is 7.11 Å². The zero-order valence-electron chi connectivity index (χ0n) is 7.77. The lowest BCUT2D eigenvalue weighted by molar-refractivity contribution is -0.137. The van der Waals surface area contributed by atoms with Gasteiger partial charge in [0.2, 0.25) is 0 Å². The van der Waals surface area contributed by atoms with E-state index in [1.165, 1.54) is 19.3 Å². The van der Waals surface area contributed by atoms with Crippen LogP contribution in [-0.4, -0.2) is 19.1 Å². The Hall–Kier alpha value is -0.570. The quantitative estimate of drug-likeness (QED) is 0.467. The van der Waals surface area contributed by atoms with E-state index < -0.39 is 0 Å². The van der Waals surface area contributed by atoms with Crippen LogP contribution in [-0.2, 0) is 9.53 Å². The molecule has 0 aliphatic heterocycles. The normalized spacial score (nSPS) is 9.83. The molecule has 0 unspecified atom stereocenters. The van der Waals surface area contributed by atoms with E-state index >= 15 is 0 Å². The molecule has 0 saturated heterocycles. The van der Waals surface area contributed by atoms with Crippen molar-refractivity contribution >= 4 is 5.97 Å². The summed E-state index contributed by atoms with van der Waals surface area (Å²) in [4.78, 5) is 10.6. The van der Waals surface area contributed by atoms with E-state index in [0.717, 1.165) is 13.0 Å². The molecule has 0 saturated carbocycles. The summed E-state index contributed by atoms with van der Waals surface area (Å²) >= 11 is 0. The van der Waals surface area contributed by atoms with E-state index in [2.05, 4.69) is 24.1 Å². The molecule has 12 heavy (non-hydrogen) atoms. The summed E-state index contributed by atoms with van der Waals surface area (Å²) in [5.41, 5.74) is 0. The number of ether oxygens (including phenoxy) is 1. The lowest BCUT2D eigenvalue weighted by atomic mass is 10.2. The highest BCUT2D eigenvalue weighted by atomic mass is 16.5. The average Bonchev–Trinajstić information content (AvgIpc) is 2.10. The number of nitrogens with one attached hydrogen (secondary N) is 1. The van der Waals surface area contributed by atoms with Gasteiger partial charge in [0.1, 0.15) is 7.11 Å². The predicted octanol–water partition coefficient (Wildman–Crippen LogP) is 1.49. The third-order valence-electron chi connectivity index (χ3n) is 1.64. The lowest BCUT2D eigenvalue weighted by Crippen LogP contribution is -2.24. The fourth-order valence-electron chi connectivity index (χ4n) is 0.918. The molecule has 0 aromatic carbocycles. The first-order valence-electron chi connectivity index (χ1n) is 4.46. The summed E-state index contributed by atoms with van der Waals surface area (Å²) in [6.45, 7) is 3.33.